The number of ether oxygens (including phenoxy) is 1. The van der Waals surface area contributed by atoms with Gasteiger partial charge in [0.2, 0.25) is 0 Å². The van der Waals surface area contributed by atoms with Crippen LogP contribution in [0.25, 0.3) is 10.9 Å². The van der Waals surface area contributed by atoms with Crippen LogP contribution in [0, 0.1) is 12.8 Å². The van der Waals surface area contributed by atoms with Gasteiger partial charge in [0.1, 0.15) is 6.10 Å². The van der Waals surface area contributed by atoms with Crippen LogP contribution in [0.4, 0.5) is 5.69 Å². The number of aromatic nitrogens is 4. The summed E-state index contributed by atoms with van der Waals surface area (Å²) in [6.07, 6.45) is 4.87. The van der Waals surface area contributed by atoms with Gasteiger partial charge in [0.05, 0.1) is 17.4 Å². The quantitative estimate of drug-likeness (QED) is 0.777. The molecule has 0 bridgehead atoms. The zero-order valence-corrected chi connectivity index (χ0v) is 13.4. The lowest BCUT2D eigenvalue weighted by atomic mass is 9.98. The molecule has 0 radical (unpaired) electrons. The molecule has 1 aromatic carbocycles. The van der Waals surface area contributed by atoms with Crippen molar-refractivity contribution in [3.63, 3.8) is 0 Å². The Morgan fingerprint density at radius 3 is 3.17 bits per heavy atom. The maximum Gasteiger partial charge on any atom is 0.104 e. The number of rotatable bonds is 4. The summed E-state index contributed by atoms with van der Waals surface area (Å²) in [6, 6.07) is 6.34. The first kappa shape index (κ1) is 14.3. The predicted molar refractivity (Wildman–Crippen MR) is 89.3 cm³/mol. The summed E-state index contributed by atoms with van der Waals surface area (Å²) in [5.41, 5.74) is 4.61. The molecule has 0 amide bonds. The number of nitrogens with zero attached hydrogens (tertiary/aromatic N) is 3. The van der Waals surface area contributed by atoms with Gasteiger partial charge in [-0.3, -0.25) is 9.78 Å². The van der Waals surface area contributed by atoms with Gasteiger partial charge in [-0.25, -0.2) is 0 Å². The van der Waals surface area contributed by atoms with Gasteiger partial charge in [0.25, 0.3) is 0 Å². The molecule has 3 heterocycles. The number of H-pyrrole nitrogens is 1. The Balaban J connectivity index is 1.51. The smallest absolute Gasteiger partial charge is 0.104 e. The number of hydrogen-bond acceptors (Lipinski definition) is 4. The van der Waals surface area contributed by atoms with Crippen LogP contribution in [0.15, 0.2) is 30.6 Å². The standard InChI is InChI=1S/C17H21N5O/c1-11-7-15-13(10-19-21-15)8-14(11)18-9-12-4-6-23-17(12)16-3-5-20-22(16)2/h3,5,7-8,10,12,17-18H,4,6,9H2,1-2H3,(H,19,21)/t12-,17+/m0/s1. The fraction of sp³-hybridized carbons (Fsp3) is 0.412. The molecule has 1 saturated heterocycles. The van der Waals surface area contributed by atoms with Crippen LogP contribution in [0.1, 0.15) is 23.8 Å². The number of hydrogen-bond donors (Lipinski definition) is 2. The Labute approximate surface area is 134 Å². The molecule has 4 rings (SSSR count). The van der Waals surface area contributed by atoms with Crippen LogP contribution >= 0.6 is 0 Å². The first-order valence-electron chi connectivity index (χ1n) is 7.99. The minimum absolute atomic E-state index is 0.118. The van der Waals surface area contributed by atoms with Crippen molar-refractivity contribution in [2.45, 2.75) is 19.4 Å². The van der Waals surface area contributed by atoms with Crippen LogP contribution in [-0.4, -0.2) is 33.1 Å². The molecule has 6 nitrogen and oxygen atoms in total. The molecule has 2 aromatic heterocycles. The highest BCUT2D eigenvalue weighted by Gasteiger charge is 2.31. The number of aryl methyl sites for hydroxylation is 2. The van der Waals surface area contributed by atoms with Crippen molar-refractivity contribution in [1.82, 2.24) is 20.0 Å². The Hall–Kier alpha value is -2.34. The van der Waals surface area contributed by atoms with Crippen molar-refractivity contribution >= 4 is 16.6 Å². The fourth-order valence-electron chi connectivity index (χ4n) is 3.36. The third-order valence-corrected chi connectivity index (χ3v) is 4.70. The van der Waals surface area contributed by atoms with Crippen molar-refractivity contribution in [1.29, 1.82) is 0 Å². The van der Waals surface area contributed by atoms with E-state index >= 15 is 0 Å². The first-order valence-corrected chi connectivity index (χ1v) is 7.99. The molecule has 120 valence electrons. The van der Waals surface area contributed by atoms with Crippen molar-refractivity contribution in [3.8, 4) is 0 Å². The zero-order valence-electron chi connectivity index (χ0n) is 13.4. The van der Waals surface area contributed by atoms with E-state index in [1.54, 1.807) is 0 Å². The number of aromatic amines is 1. The number of anilines is 1. The Kier molecular flexibility index (Phi) is 3.53. The Bertz CT molecular complexity index is 821. The average Bonchev–Trinajstić information content (AvgIpc) is 3.24. The van der Waals surface area contributed by atoms with Gasteiger partial charge < -0.3 is 10.1 Å². The van der Waals surface area contributed by atoms with Gasteiger partial charge in [-0.15, -0.1) is 0 Å². The van der Waals surface area contributed by atoms with E-state index < -0.39 is 0 Å². The lowest BCUT2D eigenvalue weighted by Crippen LogP contribution is -2.20. The van der Waals surface area contributed by atoms with Gasteiger partial charge in [-0.2, -0.15) is 10.2 Å². The molecule has 0 unspecified atom stereocenters. The van der Waals surface area contributed by atoms with E-state index in [0.29, 0.717) is 5.92 Å². The second-order valence-electron chi connectivity index (χ2n) is 6.23. The summed E-state index contributed by atoms with van der Waals surface area (Å²) in [5, 5.41) is 16.1. The van der Waals surface area contributed by atoms with E-state index in [1.807, 2.05) is 30.2 Å². The summed E-state index contributed by atoms with van der Waals surface area (Å²) >= 11 is 0. The third kappa shape index (κ3) is 2.59. The maximum absolute atomic E-state index is 5.95. The van der Waals surface area contributed by atoms with Crippen molar-refractivity contribution < 1.29 is 4.74 Å². The van der Waals surface area contributed by atoms with Gasteiger partial charge in [0.15, 0.2) is 0 Å². The van der Waals surface area contributed by atoms with E-state index in [9.17, 15) is 0 Å². The fourth-order valence-corrected chi connectivity index (χ4v) is 3.36. The van der Waals surface area contributed by atoms with E-state index in [4.69, 9.17) is 4.74 Å². The minimum Gasteiger partial charge on any atom is -0.384 e. The summed E-state index contributed by atoms with van der Waals surface area (Å²) in [6.45, 7) is 3.81. The van der Waals surface area contributed by atoms with Crippen LogP contribution in [-0.2, 0) is 11.8 Å². The van der Waals surface area contributed by atoms with Crippen LogP contribution in [0.2, 0.25) is 0 Å². The highest BCUT2D eigenvalue weighted by molar-refractivity contribution is 5.83. The number of fused-ring (bicyclic) bond motifs is 1. The topological polar surface area (TPSA) is 67.8 Å². The lowest BCUT2D eigenvalue weighted by molar-refractivity contribution is 0.0866. The Morgan fingerprint density at radius 1 is 1.43 bits per heavy atom. The van der Waals surface area contributed by atoms with E-state index in [1.165, 1.54) is 5.56 Å². The molecule has 1 aliphatic heterocycles. The molecule has 0 saturated carbocycles. The van der Waals surface area contributed by atoms with E-state index in [0.717, 1.165) is 41.9 Å². The Morgan fingerprint density at radius 2 is 2.35 bits per heavy atom. The molecule has 0 spiro atoms. The normalized spacial score (nSPS) is 21.1. The van der Waals surface area contributed by atoms with Gasteiger partial charge >= 0.3 is 0 Å². The highest BCUT2D eigenvalue weighted by Crippen LogP contribution is 2.34. The van der Waals surface area contributed by atoms with Crippen molar-refractivity contribution in [3.05, 3.63) is 41.9 Å². The molecule has 23 heavy (non-hydrogen) atoms. The summed E-state index contributed by atoms with van der Waals surface area (Å²) in [4.78, 5) is 0. The van der Waals surface area contributed by atoms with Gasteiger partial charge in [-0.05, 0) is 37.1 Å². The second kappa shape index (κ2) is 5.70. The molecule has 1 fully saturated rings. The molecular weight excluding hydrogens is 290 g/mol. The molecule has 3 aromatic rings. The highest BCUT2D eigenvalue weighted by atomic mass is 16.5. The van der Waals surface area contributed by atoms with Crippen molar-refractivity contribution in [2.75, 3.05) is 18.5 Å². The lowest BCUT2D eigenvalue weighted by Gasteiger charge is -2.20. The molecule has 0 aliphatic carbocycles. The van der Waals surface area contributed by atoms with E-state index in [2.05, 4.69) is 39.7 Å². The third-order valence-electron chi connectivity index (χ3n) is 4.70. The predicted octanol–water partition coefficient (Wildman–Crippen LogP) is 2.79. The van der Waals surface area contributed by atoms with Crippen LogP contribution < -0.4 is 5.32 Å². The van der Waals surface area contributed by atoms with Gasteiger partial charge in [-0.1, -0.05) is 0 Å². The SMILES string of the molecule is Cc1cc2[nH]ncc2cc1NC[C@@H]1CCO[C@H]1c1ccnn1C. The van der Waals surface area contributed by atoms with Gasteiger partial charge in [0, 0.05) is 43.4 Å². The summed E-state index contributed by atoms with van der Waals surface area (Å²) < 4.78 is 7.86. The average molecular weight is 311 g/mol. The van der Waals surface area contributed by atoms with Crippen LogP contribution in [0.5, 0.6) is 0 Å². The summed E-state index contributed by atoms with van der Waals surface area (Å²) in [7, 11) is 1.97. The summed E-state index contributed by atoms with van der Waals surface area (Å²) in [5.74, 6) is 0.449. The molecule has 1 aliphatic rings. The zero-order chi connectivity index (χ0) is 15.8. The van der Waals surface area contributed by atoms with E-state index in [-0.39, 0.29) is 6.10 Å². The van der Waals surface area contributed by atoms with Crippen molar-refractivity contribution in [2.24, 2.45) is 13.0 Å². The molecular formula is C17H21N5O. The number of nitrogens with one attached hydrogen (secondary N) is 2. The van der Waals surface area contributed by atoms with Crippen LogP contribution in [0.3, 0.4) is 0 Å². The minimum atomic E-state index is 0.118. The first-order chi connectivity index (χ1) is 11.2. The second-order valence-corrected chi connectivity index (χ2v) is 6.23. The molecule has 2 N–H and O–H groups in total. The monoisotopic (exact) mass is 311 g/mol. The largest absolute Gasteiger partial charge is 0.384 e. The maximum atomic E-state index is 5.95. The molecule has 6 heteroatoms. The number of benzene rings is 1. The molecule has 2 atom stereocenters.